The number of benzene rings is 2. The molecule has 1 N–H and O–H groups in total. The molecule has 4 rings (SSSR count). The van der Waals surface area contributed by atoms with Gasteiger partial charge >= 0.3 is 0 Å². The first-order chi connectivity index (χ1) is 14.8. The molecule has 160 valence electrons. The molecule has 7 nitrogen and oxygen atoms in total. The third kappa shape index (κ3) is 4.12. The van der Waals surface area contributed by atoms with Crippen molar-refractivity contribution in [1.82, 2.24) is 14.8 Å². The van der Waals surface area contributed by atoms with Gasteiger partial charge in [0.2, 0.25) is 5.88 Å². The van der Waals surface area contributed by atoms with E-state index in [0.29, 0.717) is 27.7 Å². The van der Waals surface area contributed by atoms with Crippen molar-refractivity contribution in [2.75, 3.05) is 12.9 Å². The molecule has 0 amide bonds. The highest BCUT2D eigenvalue weighted by Crippen LogP contribution is 2.36. The van der Waals surface area contributed by atoms with Gasteiger partial charge in [0.05, 0.1) is 23.8 Å². The molecule has 0 atom stereocenters. The van der Waals surface area contributed by atoms with Crippen LogP contribution in [-0.2, 0) is 16.5 Å². The summed E-state index contributed by atoms with van der Waals surface area (Å²) in [6.07, 6.45) is 1.53. The lowest BCUT2D eigenvalue weighted by Crippen LogP contribution is -2.06. The van der Waals surface area contributed by atoms with Crippen molar-refractivity contribution < 1.29 is 26.5 Å². The van der Waals surface area contributed by atoms with Gasteiger partial charge in [-0.25, -0.2) is 18.4 Å². The Labute approximate surface area is 176 Å². The second-order valence-corrected chi connectivity index (χ2v) is 8.35. The standard InChI is InChI=1S/C21H17F2N3O4S/c1-30-21-18-17(8-10-24-21)26(20-15(22)6-3-7-16(20)23)25-19(18)14-5-2-4-13(12-14)9-11-31(27,28)29/h2-8,10,12H,9,11H2,1H3,(H,27,28,29). The number of para-hydroxylation sites is 1. The van der Waals surface area contributed by atoms with E-state index in [4.69, 9.17) is 9.29 Å². The zero-order valence-electron chi connectivity index (χ0n) is 16.3. The number of aryl methyl sites for hydroxylation is 1. The minimum Gasteiger partial charge on any atom is -0.480 e. The second kappa shape index (κ2) is 8.05. The molecule has 0 spiro atoms. The Morgan fingerprint density at radius 3 is 2.48 bits per heavy atom. The molecule has 31 heavy (non-hydrogen) atoms. The summed E-state index contributed by atoms with van der Waals surface area (Å²) < 4.78 is 66.7. The van der Waals surface area contributed by atoms with E-state index in [1.165, 1.54) is 19.4 Å². The topological polar surface area (TPSA) is 94.3 Å². The second-order valence-electron chi connectivity index (χ2n) is 6.78. The van der Waals surface area contributed by atoms with Crippen LogP contribution in [0.5, 0.6) is 5.88 Å². The molecule has 0 unspecified atom stereocenters. The van der Waals surface area contributed by atoms with E-state index in [-0.39, 0.29) is 18.0 Å². The lowest BCUT2D eigenvalue weighted by molar-refractivity contribution is 0.403. The van der Waals surface area contributed by atoms with Gasteiger partial charge < -0.3 is 4.74 Å². The summed E-state index contributed by atoms with van der Waals surface area (Å²) in [6.45, 7) is 0. The number of fused-ring (bicyclic) bond motifs is 1. The fraction of sp³-hybridized carbons (Fsp3) is 0.143. The third-order valence-electron chi connectivity index (χ3n) is 4.75. The zero-order valence-corrected chi connectivity index (χ0v) is 17.1. The molecule has 0 bridgehead atoms. The van der Waals surface area contributed by atoms with Gasteiger partial charge in [0.1, 0.15) is 11.4 Å². The summed E-state index contributed by atoms with van der Waals surface area (Å²) in [7, 11) is -2.69. The zero-order chi connectivity index (χ0) is 22.2. The first-order valence-corrected chi connectivity index (χ1v) is 10.8. The average molecular weight is 445 g/mol. The molecule has 2 heterocycles. The minimum absolute atomic E-state index is 0.0860. The van der Waals surface area contributed by atoms with Gasteiger partial charge in [0, 0.05) is 11.8 Å². The Balaban J connectivity index is 1.94. The van der Waals surface area contributed by atoms with E-state index < -0.39 is 27.5 Å². The van der Waals surface area contributed by atoms with Gasteiger partial charge in [-0.15, -0.1) is 0 Å². The lowest BCUT2D eigenvalue weighted by Gasteiger charge is -2.06. The van der Waals surface area contributed by atoms with Crippen molar-refractivity contribution in [3.8, 4) is 22.8 Å². The predicted molar refractivity (Wildman–Crippen MR) is 111 cm³/mol. The number of pyridine rings is 1. The predicted octanol–water partition coefficient (Wildman–Crippen LogP) is 3.80. The van der Waals surface area contributed by atoms with Crippen LogP contribution < -0.4 is 4.74 Å². The SMILES string of the molecule is COc1nccc2c1c(-c1cccc(CCS(=O)(=O)O)c1)nn2-c1c(F)cccc1F. The van der Waals surface area contributed by atoms with E-state index in [1.54, 1.807) is 30.3 Å². The number of aromatic nitrogens is 3. The fourth-order valence-electron chi connectivity index (χ4n) is 3.38. The minimum atomic E-state index is -4.12. The van der Waals surface area contributed by atoms with Crippen LogP contribution in [0.3, 0.4) is 0 Å². The summed E-state index contributed by atoms with van der Waals surface area (Å²) in [6, 6.07) is 11.9. The highest BCUT2D eigenvalue weighted by atomic mass is 32.2. The first-order valence-electron chi connectivity index (χ1n) is 9.19. The van der Waals surface area contributed by atoms with E-state index >= 15 is 0 Å². The van der Waals surface area contributed by atoms with E-state index in [9.17, 15) is 17.2 Å². The van der Waals surface area contributed by atoms with Crippen molar-refractivity contribution >= 4 is 21.0 Å². The number of halogens is 2. The molecule has 0 aliphatic rings. The molecule has 2 aromatic carbocycles. The average Bonchev–Trinajstić information content (AvgIpc) is 3.11. The van der Waals surface area contributed by atoms with Gasteiger partial charge in [-0.05, 0) is 36.2 Å². The van der Waals surface area contributed by atoms with Gasteiger partial charge in [-0.3, -0.25) is 4.55 Å². The van der Waals surface area contributed by atoms with Gasteiger partial charge in [0.25, 0.3) is 10.1 Å². The number of rotatable bonds is 6. The summed E-state index contributed by atoms with van der Waals surface area (Å²) in [5, 5.41) is 4.90. The van der Waals surface area contributed by atoms with E-state index in [2.05, 4.69) is 10.1 Å². The maximum atomic E-state index is 14.5. The van der Waals surface area contributed by atoms with Crippen molar-refractivity contribution in [1.29, 1.82) is 0 Å². The van der Waals surface area contributed by atoms with Crippen LogP contribution in [0.15, 0.2) is 54.7 Å². The van der Waals surface area contributed by atoms with Crippen LogP contribution >= 0.6 is 0 Å². The van der Waals surface area contributed by atoms with Crippen LogP contribution in [-0.4, -0.2) is 40.6 Å². The van der Waals surface area contributed by atoms with Crippen molar-refractivity contribution in [2.45, 2.75) is 6.42 Å². The van der Waals surface area contributed by atoms with Crippen molar-refractivity contribution in [3.63, 3.8) is 0 Å². The summed E-state index contributed by atoms with van der Waals surface area (Å²) in [5.41, 5.74) is 1.61. The Morgan fingerprint density at radius 2 is 1.81 bits per heavy atom. The molecule has 0 aliphatic carbocycles. The van der Waals surface area contributed by atoms with Gasteiger partial charge in [0.15, 0.2) is 11.6 Å². The number of nitrogens with zero attached hydrogens (tertiary/aromatic N) is 3. The molecule has 4 aromatic rings. The van der Waals surface area contributed by atoms with Crippen LogP contribution in [0.25, 0.3) is 27.8 Å². The lowest BCUT2D eigenvalue weighted by atomic mass is 10.0. The molecule has 0 saturated carbocycles. The number of hydrogen-bond donors (Lipinski definition) is 1. The molecule has 0 saturated heterocycles. The Hall–Kier alpha value is -3.37. The molecule has 0 aliphatic heterocycles. The molecular formula is C21H17F2N3O4S. The summed E-state index contributed by atoms with van der Waals surface area (Å²) in [5.74, 6) is -1.78. The van der Waals surface area contributed by atoms with Gasteiger partial charge in [-0.2, -0.15) is 13.5 Å². The number of ether oxygens (including phenoxy) is 1. The Morgan fingerprint density at radius 1 is 1.10 bits per heavy atom. The van der Waals surface area contributed by atoms with Crippen LogP contribution in [0.2, 0.25) is 0 Å². The first kappa shape index (κ1) is 20.9. The Kier molecular flexibility index (Phi) is 5.42. The highest BCUT2D eigenvalue weighted by molar-refractivity contribution is 7.85. The highest BCUT2D eigenvalue weighted by Gasteiger charge is 2.22. The van der Waals surface area contributed by atoms with Crippen LogP contribution in [0, 0.1) is 11.6 Å². The summed E-state index contributed by atoms with van der Waals surface area (Å²) in [4.78, 5) is 4.18. The van der Waals surface area contributed by atoms with Crippen LogP contribution in [0.1, 0.15) is 5.56 Å². The number of hydrogen-bond acceptors (Lipinski definition) is 5. The molecule has 2 aromatic heterocycles. The normalized spacial score (nSPS) is 11.7. The number of methoxy groups -OCH3 is 1. The quantitative estimate of drug-likeness (QED) is 0.454. The molecule has 10 heteroatoms. The maximum Gasteiger partial charge on any atom is 0.265 e. The van der Waals surface area contributed by atoms with Crippen molar-refractivity contribution in [2.24, 2.45) is 0 Å². The molecular weight excluding hydrogens is 428 g/mol. The summed E-state index contributed by atoms with van der Waals surface area (Å²) >= 11 is 0. The largest absolute Gasteiger partial charge is 0.480 e. The fourth-order valence-corrected chi connectivity index (χ4v) is 3.87. The monoisotopic (exact) mass is 445 g/mol. The van der Waals surface area contributed by atoms with Gasteiger partial charge in [-0.1, -0.05) is 24.3 Å². The van der Waals surface area contributed by atoms with E-state index in [1.807, 2.05) is 0 Å². The van der Waals surface area contributed by atoms with Crippen LogP contribution in [0.4, 0.5) is 8.78 Å². The third-order valence-corrected chi connectivity index (χ3v) is 5.47. The molecule has 0 fully saturated rings. The smallest absolute Gasteiger partial charge is 0.265 e. The Bertz CT molecular complexity index is 1370. The molecule has 0 radical (unpaired) electrons. The maximum absolute atomic E-state index is 14.5. The van der Waals surface area contributed by atoms with Crippen molar-refractivity contribution in [3.05, 3.63) is 71.9 Å². The van der Waals surface area contributed by atoms with E-state index in [0.717, 1.165) is 16.8 Å².